The second kappa shape index (κ2) is 3.69. The van der Waals surface area contributed by atoms with Crippen LogP contribution in [0.4, 0.5) is 5.82 Å². The van der Waals surface area contributed by atoms with Crippen molar-refractivity contribution in [3.63, 3.8) is 0 Å². The van der Waals surface area contributed by atoms with Gasteiger partial charge in [-0.15, -0.1) is 0 Å². The highest BCUT2D eigenvalue weighted by Gasteiger charge is 2.02. The van der Waals surface area contributed by atoms with E-state index in [2.05, 4.69) is 20.6 Å². The quantitative estimate of drug-likeness (QED) is 0.741. The minimum absolute atomic E-state index is 0.427. The first-order valence-corrected chi connectivity index (χ1v) is 4.17. The Kier molecular flexibility index (Phi) is 2.84. The van der Waals surface area contributed by atoms with Gasteiger partial charge in [-0.25, -0.2) is 0 Å². The van der Waals surface area contributed by atoms with E-state index in [1.54, 1.807) is 0 Å². The van der Waals surface area contributed by atoms with Crippen LogP contribution in [0.2, 0.25) is 5.15 Å². The van der Waals surface area contributed by atoms with E-state index in [4.69, 9.17) is 11.6 Å². The van der Waals surface area contributed by atoms with Crippen molar-refractivity contribution in [1.82, 2.24) is 8.75 Å². The molecule has 0 unspecified atom stereocenters. The molecule has 0 bridgehead atoms. The summed E-state index contributed by atoms with van der Waals surface area (Å²) < 4.78 is 7.73. The van der Waals surface area contributed by atoms with E-state index in [-0.39, 0.29) is 0 Å². The molecule has 0 aliphatic rings. The van der Waals surface area contributed by atoms with E-state index in [1.165, 1.54) is 0 Å². The van der Waals surface area contributed by atoms with Crippen molar-refractivity contribution in [2.45, 2.75) is 6.92 Å². The number of aromatic nitrogens is 2. The molecule has 1 rings (SSSR count). The molecule has 1 N–H and O–H groups in total. The maximum absolute atomic E-state index is 5.67. The molecular formula is C6H8ClN3S. The average Bonchev–Trinajstić information content (AvgIpc) is 2.31. The van der Waals surface area contributed by atoms with Gasteiger partial charge in [0, 0.05) is 6.54 Å². The predicted octanol–water partition coefficient (Wildman–Crippen LogP) is 2.18. The first-order valence-electron chi connectivity index (χ1n) is 3.06. The Morgan fingerprint density at radius 1 is 1.73 bits per heavy atom. The molecule has 0 saturated carbocycles. The number of anilines is 1. The van der Waals surface area contributed by atoms with Gasteiger partial charge >= 0.3 is 0 Å². The number of hydrogen-bond donors (Lipinski definition) is 1. The fraction of sp³-hybridized carbons (Fsp3) is 0.333. The van der Waals surface area contributed by atoms with Gasteiger partial charge in [0.05, 0.1) is 11.7 Å². The van der Waals surface area contributed by atoms with Crippen LogP contribution >= 0.6 is 23.3 Å². The predicted molar refractivity (Wildman–Crippen MR) is 48.2 cm³/mol. The van der Waals surface area contributed by atoms with E-state index < -0.39 is 0 Å². The van der Waals surface area contributed by atoms with Crippen molar-refractivity contribution in [3.05, 3.63) is 17.3 Å². The number of nitrogens with zero attached hydrogens (tertiary/aromatic N) is 2. The Bertz CT molecular complexity index is 258. The Morgan fingerprint density at radius 3 is 2.91 bits per heavy atom. The summed E-state index contributed by atoms with van der Waals surface area (Å²) in [5, 5.41) is 3.42. The van der Waals surface area contributed by atoms with Crippen LogP contribution < -0.4 is 5.32 Å². The zero-order valence-corrected chi connectivity index (χ0v) is 7.67. The zero-order chi connectivity index (χ0) is 8.27. The highest BCUT2D eigenvalue weighted by Crippen LogP contribution is 2.17. The normalized spacial score (nSPS) is 9.64. The summed E-state index contributed by atoms with van der Waals surface area (Å²) in [6.07, 6.45) is 0. The van der Waals surface area contributed by atoms with E-state index in [0.29, 0.717) is 17.5 Å². The lowest BCUT2D eigenvalue weighted by atomic mass is 10.3. The summed E-state index contributed by atoms with van der Waals surface area (Å²) in [4.78, 5) is 0. The van der Waals surface area contributed by atoms with Gasteiger partial charge in [0.25, 0.3) is 0 Å². The minimum atomic E-state index is 0.427. The van der Waals surface area contributed by atoms with Gasteiger partial charge in [0.1, 0.15) is 0 Å². The standard InChI is InChI=1S/C6H8ClN3S/c1-4(2)3-8-6-5(7)9-11-10-6/h1,3H2,2H3,(H,8,10). The molecular weight excluding hydrogens is 182 g/mol. The maximum Gasteiger partial charge on any atom is 0.186 e. The summed E-state index contributed by atoms with van der Waals surface area (Å²) in [5.41, 5.74) is 1.04. The molecule has 3 nitrogen and oxygen atoms in total. The SMILES string of the molecule is C=C(C)CNc1nsnc1Cl. The lowest BCUT2D eigenvalue weighted by Crippen LogP contribution is -2.02. The molecule has 0 aromatic carbocycles. The summed E-state index contributed by atoms with van der Waals surface area (Å²) in [6, 6.07) is 0. The molecule has 5 heteroatoms. The largest absolute Gasteiger partial charge is 0.363 e. The topological polar surface area (TPSA) is 37.8 Å². The molecule has 0 atom stereocenters. The fourth-order valence-corrected chi connectivity index (χ4v) is 1.20. The van der Waals surface area contributed by atoms with Crippen molar-refractivity contribution >= 4 is 29.1 Å². The number of rotatable bonds is 3. The van der Waals surface area contributed by atoms with Crippen molar-refractivity contribution < 1.29 is 0 Å². The monoisotopic (exact) mass is 189 g/mol. The molecule has 11 heavy (non-hydrogen) atoms. The van der Waals surface area contributed by atoms with Crippen molar-refractivity contribution in [2.24, 2.45) is 0 Å². The fourth-order valence-electron chi connectivity index (χ4n) is 0.518. The molecule has 0 amide bonds. The van der Waals surface area contributed by atoms with Crippen LogP contribution in [0.1, 0.15) is 6.92 Å². The minimum Gasteiger partial charge on any atom is -0.363 e. The zero-order valence-electron chi connectivity index (χ0n) is 6.09. The van der Waals surface area contributed by atoms with Crippen LogP contribution in [0.5, 0.6) is 0 Å². The molecule has 0 radical (unpaired) electrons. The second-order valence-electron chi connectivity index (χ2n) is 2.21. The van der Waals surface area contributed by atoms with Gasteiger partial charge in [0.15, 0.2) is 11.0 Å². The molecule has 0 aliphatic heterocycles. The van der Waals surface area contributed by atoms with Crippen LogP contribution in [0, 0.1) is 0 Å². The molecule has 0 spiro atoms. The number of hydrogen-bond acceptors (Lipinski definition) is 4. The van der Waals surface area contributed by atoms with Gasteiger partial charge < -0.3 is 5.32 Å². The molecule has 1 aromatic heterocycles. The summed E-state index contributed by atoms with van der Waals surface area (Å²) >= 11 is 6.76. The Balaban J connectivity index is 2.51. The summed E-state index contributed by atoms with van der Waals surface area (Å²) in [5.74, 6) is 0.639. The van der Waals surface area contributed by atoms with Crippen molar-refractivity contribution in [3.8, 4) is 0 Å². The van der Waals surface area contributed by atoms with Crippen LogP contribution in [-0.2, 0) is 0 Å². The maximum atomic E-state index is 5.67. The molecule has 60 valence electrons. The van der Waals surface area contributed by atoms with Gasteiger partial charge in [-0.2, -0.15) is 8.75 Å². The van der Waals surface area contributed by atoms with Crippen molar-refractivity contribution in [1.29, 1.82) is 0 Å². The third-order valence-electron chi connectivity index (χ3n) is 1.01. The molecule has 0 saturated heterocycles. The van der Waals surface area contributed by atoms with Gasteiger partial charge in [0.2, 0.25) is 0 Å². The van der Waals surface area contributed by atoms with E-state index in [9.17, 15) is 0 Å². The number of halogens is 1. The van der Waals surface area contributed by atoms with E-state index in [1.807, 2.05) is 6.92 Å². The van der Waals surface area contributed by atoms with Crippen LogP contribution in [0.15, 0.2) is 12.2 Å². The first kappa shape index (κ1) is 8.49. The highest BCUT2D eigenvalue weighted by atomic mass is 35.5. The summed E-state index contributed by atoms with van der Waals surface area (Å²) in [7, 11) is 0. The highest BCUT2D eigenvalue weighted by molar-refractivity contribution is 6.99. The van der Waals surface area contributed by atoms with Crippen LogP contribution in [0.25, 0.3) is 0 Å². The molecule has 1 aromatic rings. The Morgan fingerprint density at radius 2 is 2.45 bits per heavy atom. The smallest absolute Gasteiger partial charge is 0.186 e. The van der Waals surface area contributed by atoms with Crippen LogP contribution in [-0.4, -0.2) is 15.3 Å². The Labute approximate surface area is 74.4 Å². The van der Waals surface area contributed by atoms with Crippen molar-refractivity contribution in [2.75, 3.05) is 11.9 Å². The van der Waals surface area contributed by atoms with Crippen LogP contribution in [0.3, 0.4) is 0 Å². The third-order valence-corrected chi connectivity index (χ3v) is 1.90. The second-order valence-corrected chi connectivity index (χ2v) is 3.10. The molecule has 0 aliphatic carbocycles. The number of nitrogens with one attached hydrogen (secondary N) is 1. The van der Waals surface area contributed by atoms with Gasteiger partial charge in [-0.1, -0.05) is 23.8 Å². The molecule has 1 heterocycles. The van der Waals surface area contributed by atoms with Gasteiger partial charge in [-0.3, -0.25) is 0 Å². The van der Waals surface area contributed by atoms with E-state index >= 15 is 0 Å². The Hall–Kier alpha value is -0.610. The van der Waals surface area contributed by atoms with E-state index in [0.717, 1.165) is 17.3 Å². The third kappa shape index (κ3) is 2.48. The average molecular weight is 190 g/mol. The first-order chi connectivity index (χ1) is 5.20. The lowest BCUT2D eigenvalue weighted by Gasteiger charge is -1.99. The summed E-state index contributed by atoms with van der Waals surface area (Å²) in [6.45, 7) is 6.35. The molecule has 0 fully saturated rings. The van der Waals surface area contributed by atoms with Gasteiger partial charge in [-0.05, 0) is 6.92 Å². The lowest BCUT2D eigenvalue weighted by molar-refractivity contribution is 1.20.